The Morgan fingerprint density at radius 3 is 2.63 bits per heavy atom. The van der Waals surface area contributed by atoms with E-state index in [1.807, 2.05) is 12.1 Å². The van der Waals surface area contributed by atoms with Crippen molar-refractivity contribution >= 4 is 29.7 Å². The molecule has 2 aromatic heterocycles. The Labute approximate surface area is 178 Å². The van der Waals surface area contributed by atoms with Gasteiger partial charge in [-0.05, 0) is 6.07 Å². The van der Waals surface area contributed by atoms with Crippen molar-refractivity contribution in [2.75, 3.05) is 43.5 Å². The summed E-state index contributed by atoms with van der Waals surface area (Å²) in [5.74, 6) is 0.883. The summed E-state index contributed by atoms with van der Waals surface area (Å²) in [5, 5.41) is 22.0. The molecule has 1 aliphatic rings. The Bertz CT molecular complexity index is 1040. The minimum Gasteiger partial charge on any atom is -0.496 e. The first-order valence-corrected chi connectivity index (χ1v) is 9.06. The summed E-state index contributed by atoms with van der Waals surface area (Å²) in [6.07, 6.45) is 2.78. The predicted molar refractivity (Wildman–Crippen MR) is 113 cm³/mol. The molecule has 3 N–H and O–H groups in total. The maximum atomic E-state index is 15.0. The first-order valence-electron chi connectivity index (χ1n) is 9.06. The van der Waals surface area contributed by atoms with E-state index in [1.165, 1.54) is 25.6 Å². The molecule has 0 aliphatic carbocycles. The van der Waals surface area contributed by atoms with Crippen molar-refractivity contribution in [2.24, 2.45) is 0 Å². The second-order valence-electron chi connectivity index (χ2n) is 6.43. The molecular formula is C19H20ClFN8O. The molecule has 0 unspecified atom stereocenters. The molecule has 0 atom stereocenters. The number of nitriles is 1. The van der Waals surface area contributed by atoms with E-state index in [9.17, 15) is 0 Å². The Kier molecular flexibility index (Phi) is 6.66. The van der Waals surface area contributed by atoms with Crippen molar-refractivity contribution in [3.05, 3.63) is 42.1 Å². The molecule has 0 spiro atoms. The van der Waals surface area contributed by atoms with Gasteiger partial charge in [0.25, 0.3) is 0 Å². The van der Waals surface area contributed by atoms with Gasteiger partial charge >= 0.3 is 0 Å². The van der Waals surface area contributed by atoms with Crippen LogP contribution in [0.1, 0.15) is 5.69 Å². The van der Waals surface area contributed by atoms with Gasteiger partial charge in [-0.1, -0.05) is 0 Å². The van der Waals surface area contributed by atoms with Crippen LogP contribution in [0.4, 0.5) is 21.7 Å². The van der Waals surface area contributed by atoms with Gasteiger partial charge < -0.3 is 20.3 Å². The Balaban J connectivity index is 0.00000256. The van der Waals surface area contributed by atoms with Crippen molar-refractivity contribution in [1.29, 1.82) is 5.26 Å². The molecule has 1 aromatic carbocycles. The highest BCUT2D eigenvalue weighted by Crippen LogP contribution is 2.36. The molecule has 3 heterocycles. The Morgan fingerprint density at radius 1 is 1.17 bits per heavy atom. The monoisotopic (exact) mass is 430 g/mol. The van der Waals surface area contributed by atoms with E-state index in [-0.39, 0.29) is 18.1 Å². The smallest absolute Gasteiger partial charge is 0.158 e. The second-order valence-corrected chi connectivity index (χ2v) is 6.43. The average Bonchev–Trinajstić information content (AvgIpc) is 3.22. The number of aromatic nitrogens is 4. The quantitative estimate of drug-likeness (QED) is 0.565. The molecule has 1 fully saturated rings. The van der Waals surface area contributed by atoms with Gasteiger partial charge in [0, 0.05) is 44.0 Å². The summed E-state index contributed by atoms with van der Waals surface area (Å²) in [6, 6.07) is 6.92. The standard InChI is InChI=1S/C19H19FN8O.ClH/c1-29-16-7-13(28-4-2-22-3-5-28)6-14(20)19(16)15-8-17(27-26-15)25-18-11-23-12(9-21)10-24-18;/h6-8,10-11,22H,2-5H2,1H3,(H2,24,25,26,27);1H. The van der Waals surface area contributed by atoms with Gasteiger partial charge in [0.05, 0.1) is 30.8 Å². The second kappa shape index (κ2) is 9.39. The molecule has 9 nitrogen and oxygen atoms in total. The van der Waals surface area contributed by atoms with Crippen LogP contribution in [-0.4, -0.2) is 53.5 Å². The molecule has 0 saturated carbocycles. The van der Waals surface area contributed by atoms with Gasteiger partial charge in [-0.2, -0.15) is 10.4 Å². The van der Waals surface area contributed by atoms with Crippen molar-refractivity contribution < 1.29 is 9.13 Å². The molecule has 3 aromatic rings. The summed E-state index contributed by atoms with van der Waals surface area (Å²) in [7, 11) is 1.52. The summed E-state index contributed by atoms with van der Waals surface area (Å²) < 4.78 is 20.5. The number of methoxy groups -OCH3 is 1. The lowest BCUT2D eigenvalue weighted by molar-refractivity contribution is 0.413. The number of anilines is 3. The third-order valence-corrected chi connectivity index (χ3v) is 4.61. The molecule has 0 amide bonds. The zero-order valence-corrected chi connectivity index (χ0v) is 17.0. The number of ether oxygens (including phenoxy) is 1. The SMILES string of the molecule is COc1cc(N2CCNCC2)cc(F)c1-c1cc(Nc2cnc(C#N)cn2)n[nH]1.Cl. The van der Waals surface area contributed by atoms with Crippen LogP contribution in [0.25, 0.3) is 11.3 Å². The van der Waals surface area contributed by atoms with Crippen LogP contribution in [0.5, 0.6) is 5.75 Å². The van der Waals surface area contributed by atoms with E-state index < -0.39 is 5.82 Å². The van der Waals surface area contributed by atoms with Crippen LogP contribution < -0.4 is 20.3 Å². The van der Waals surface area contributed by atoms with E-state index in [0.29, 0.717) is 28.6 Å². The van der Waals surface area contributed by atoms with E-state index in [0.717, 1.165) is 31.9 Å². The topological polar surface area (TPSA) is 115 Å². The highest BCUT2D eigenvalue weighted by atomic mass is 35.5. The fraction of sp³-hybridized carbons (Fsp3) is 0.263. The van der Waals surface area contributed by atoms with E-state index >= 15 is 4.39 Å². The van der Waals surface area contributed by atoms with Gasteiger partial charge in [-0.3, -0.25) is 5.10 Å². The molecule has 1 aliphatic heterocycles. The van der Waals surface area contributed by atoms with Crippen LogP contribution in [0, 0.1) is 17.1 Å². The fourth-order valence-corrected chi connectivity index (χ4v) is 3.19. The lowest BCUT2D eigenvalue weighted by atomic mass is 10.1. The number of hydrogen-bond donors (Lipinski definition) is 3. The minimum absolute atomic E-state index is 0. The molecule has 0 bridgehead atoms. The Morgan fingerprint density at radius 2 is 1.97 bits per heavy atom. The first kappa shape index (κ1) is 21.3. The van der Waals surface area contributed by atoms with E-state index in [1.54, 1.807) is 6.07 Å². The molecule has 11 heteroatoms. The molecule has 4 rings (SSSR count). The molecule has 0 radical (unpaired) electrons. The molecular weight excluding hydrogens is 411 g/mol. The third-order valence-electron chi connectivity index (χ3n) is 4.61. The predicted octanol–water partition coefficient (Wildman–Crippen LogP) is 2.46. The van der Waals surface area contributed by atoms with Crippen LogP contribution >= 0.6 is 12.4 Å². The highest BCUT2D eigenvalue weighted by Gasteiger charge is 2.20. The van der Waals surface area contributed by atoms with Gasteiger partial charge in [0.1, 0.15) is 23.5 Å². The molecule has 156 valence electrons. The van der Waals surface area contributed by atoms with Crippen LogP contribution in [-0.2, 0) is 0 Å². The van der Waals surface area contributed by atoms with E-state index in [2.05, 4.69) is 35.7 Å². The van der Waals surface area contributed by atoms with Crippen molar-refractivity contribution in [3.8, 4) is 23.1 Å². The number of piperazine rings is 1. The van der Waals surface area contributed by atoms with Crippen molar-refractivity contribution in [2.45, 2.75) is 0 Å². The summed E-state index contributed by atoms with van der Waals surface area (Å²) >= 11 is 0. The summed E-state index contributed by atoms with van der Waals surface area (Å²) in [5.41, 5.74) is 1.78. The van der Waals surface area contributed by atoms with Crippen molar-refractivity contribution in [3.63, 3.8) is 0 Å². The highest BCUT2D eigenvalue weighted by molar-refractivity contribution is 5.85. The number of aromatic amines is 1. The number of benzene rings is 1. The maximum Gasteiger partial charge on any atom is 0.158 e. The van der Waals surface area contributed by atoms with Gasteiger partial charge in [-0.25, -0.2) is 14.4 Å². The van der Waals surface area contributed by atoms with Gasteiger partial charge in [0.15, 0.2) is 11.5 Å². The van der Waals surface area contributed by atoms with Crippen LogP contribution in [0.15, 0.2) is 30.6 Å². The first-order chi connectivity index (χ1) is 14.2. The number of H-pyrrole nitrogens is 1. The number of rotatable bonds is 5. The largest absolute Gasteiger partial charge is 0.496 e. The lowest BCUT2D eigenvalue weighted by Crippen LogP contribution is -2.43. The number of halogens is 2. The van der Waals surface area contributed by atoms with Gasteiger partial charge in [-0.15, -0.1) is 12.4 Å². The number of nitrogens with zero attached hydrogens (tertiary/aromatic N) is 5. The summed E-state index contributed by atoms with van der Waals surface area (Å²) in [6.45, 7) is 3.34. The Hall–Kier alpha value is -3.42. The van der Waals surface area contributed by atoms with Crippen LogP contribution in [0.2, 0.25) is 0 Å². The number of nitrogens with one attached hydrogen (secondary N) is 3. The van der Waals surface area contributed by atoms with Crippen molar-refractivity contribution in [1.82, 2.24) is 25.5 Å². The zero-order chi connectivity index (χ0) is 20.2. The zero-order valence-electron chi connectivity index (χ0n) is 16.1. The van der Waals surface area contributed by atoms with E-state index in [4.69, 9.17) is 10.00 Å². The number of hydrogen-bond acceptors (Lipinski definition) is 8. The lowest BCUT2D eigenvalue weighted by Gasteiger charge is -2.30. The fourth-order valence-electron chi connectivity index (χ4n) is 3.19. The molecule has 30 heavy (non-hydrogen) atoms. The minimum atomic E-state index is -0.397. The average molecular weight is 431 g/mol. The normalized spacial score (nSPS) is 13.3. The van der Waals surface area contributed by atoms with Gasteiger partial charge in [0.2, 0.25) is 0 Å². The maximum absolute atomic E-state index is 15.0. The van der Waals surface area contributed by atoms with Crippen LogP contribution in [0.3, 0.4) is 0 Å². The summed E-state index contributed by atoms with van der Waals surface area (Å²) in [4.78, 5) is 10.1. The molecule has 1 saturated heterocycles. The third kappa shape index (κ3) is 4.42.